The van der Waals surface area contributed by atoms with Crippen LogP contribution < -0.4 is 0 Å². The van der Waals surface area contributed by atoms with Crippen LogP contribution in [0.4, 0.5) is 22.4 Å². The van der Waals surface area contributed by atoms with Gasteiger partial charge < -0.3 is 14.5 Å². The van der Waals surface area contributed by atoms with Gasteiger partial charge in [-0.3, -0.25) is 9.20 Å². The Morgan fingerprint density at radius 2 is 1.77 bits per heavy atom. The summed E-state index contributed by atoms with van der Waals surface area (Å²) in [6.07, 6.45) is -2.79. The number of likely N-dealkylation sites (tertiary alicyclic amines) is 1. The summed E-state index contributed by atoms with van der Waals surface area (Å²) in [6.45, 7) is 1.41. The van der Waals surface area contributed by atoms with Crippen LogP contribution in [0.2, 0.25) is 5.15 Å². The molecule has 35 heavy (non-hydrogen) atoms. The van der Waals surface area contributed by atoms with Crippen molar-refractivity contribution in [3.8, 4) is 11.1 Å². The second-order valence-electron chi connectivity index (χ2n) is 8.42. The number of benzene rings is 1. The number of aromatic nitrogens is 2. The van der Waals surface area contributed by atoms with E-state index in [1.165, 1.54) is 23.2 Å². The van der Waals surface area contributed by atoms with Crippen LogP contribution in [0.5, 0.6) is 0 Å². The molecule has 2 amide bonds. The second kappa shape index (κ2) is 8.71. The molecule has 0 unspecified atom stereocenters. The highest BCUT2D eigenvalue weighted by Crippen LogP contribution is 2.37. The van der Waals surface area contributed by atoms with E-state index in [0.717, 1.165) is 22.6 Å². The molecule has 0 N–H and O–H groups in total. The van der Waals surface area contributed by atoms with Gasteiger partial charge in [0, 0.05) is 25.3 Å². The monoisotopic (exact) mass is 510 g/mol. The summed E-state index contributed by atoms with van der Waals surface area (Å²) in [5.74, 6) is -1.11. The van der Waals surface area contributed by atoms with Crippen LogP contribution >= 0.6 is 11.6 Å². The Bertz CT molecular complexity index is 1300. The zero-order valence-electron chi connectivity index (χ0n) is 18.2. The molecule has 7 nitrogen and oxygen atoms in total. The lowest BCUT2D eigenvalue weighted by Crippen LogP contribution is -2.47. The first-order valence-corrected chi connectivity index (χ1v) is 11.3. The maximum Gasteiger partial charge on any atom is 0.420 e. The molecule has 2 aliphatic rings. The number of ether oxygens (including phenoxy) is 1. The predicted molar refractivity (Wildman–Crippen MR) is 118 cm³/mol. The van der Waals surface area contributed by atoms with Gasteiger partial charge in [-0.2, -0.15) is 13.2 Å². The van der Waals surface area contributed by atoms with Crippen LogP contribution in [0.25, 0.3) is 16.8 Å². The fourth-order valence-electron chi connectivity index (χ4n) is 4.53. The van der Waals surface area contributed by atoms with Gasteiger partial charge in [-0.1, -0.05) is 23.7 Å². The quantitative estimate of drug-likeness (QED) is 0.472. The zero-order valence-corrected chi connectivity index (χ0v) is 18.9. The number of rotatable bonds is 3. The first kappa shape index (κ1) is 23.4. The van der Waals surface area contributed by atoms with Crippen molar-refractivity contribution in [2.24, 2.45) is 0 Å². The molecule has 0 aliphatic carbocycles. The van der Waals surface area contributed by atoms with Gasteiger partial charge in [0.1, 0.15) is 17.6 Å². The summed E-state index contributed by atoms with van der Waals surface area (Å²) in [5.41, 5.74) is -1.36. The van der Waals surface area contributed by atoms with Crippen LogP contribution in [0.3, 0.4) is 0 Å². The Labute approximate surface area is 201 Å². The number of carbonyl (C=O) groups excluding carboxylic acids is 2. The van der Waals surface area contributed by atoms with E-state index in [9.17, 15) is 27.2 Å². The van der Waals surface area contributed by atoms with E-state index in [0.29, 0.717) is 44.6 Å². The SMILES string of the molecule is O=C(c1nc2c(C(F)(F)F)cc(-c3ccc(F)cc3)cn2c1Cl)N1CCC(N2CCOC2=O)CC1. The normalized spacial score (nSPS) is 17.3. The molecule has 12 heteroatoms. The number of hydrogen-bond donors (Lipinski definition) is 0. The largest absolute Gasteiger partial charge is 0.448 e. The number of nitrogens with zero attached hydrogens (tertiary/aromatic N) is 4. The molecule has 2 fully saturated rings. The van der Waals surface area contributed by atoms with Crippen molar-refractivity contribution in [3.05, 3.63) is 58.8 Å². The smallest absolute Gasteiger partial charge is 0.420 e. The lowest BCUT2D eigenvalue weighted by Gasteiger charge is -2.35. The van der Waals surface area contributed by atoms with Gasteiger partial charge in [0.25, 0.3) is 5.91 Å². The summed E-state index contributed by atoms with van der Waals surface area (Å²) in [4.78, 5) is 32.1. The Hall–Kier alpha value is -3.34. The van der Waals surface area contributed by atoms with Crippen molar-refractivity contribution in [3.63, 3.8) is 0 Å². The van der Waals surface area contributed by atoms with E-state index in [4.69, 9.17) is 16.3 Å². The van der Waals surface area contributed by atoms with Gasteiger partial charge in [-0.05, 0) is 42.2 Å². The molecular formula is C23H19ClF4N4O3. The Balaban J connectivity index is 1.47. The third-order valence-electron chi connectivity index (χ3n) is 6.33. The maximum atomic E-state index is 13.9. The fourth-order valence-corrected chi connectivity index (χ4v) is 4.78. The number of pyridine rings is 1. The van der Waals surface area contributed by atoms with Crippen LogP contribution in [0.15, 0.2) is 36.5 Å². The van der Waals surface area contributed by atoms with Gasteiger partial charge in [0.2, 0.25) is 0 Å². The topological polar surface area (TPSA) is 67.2 Å². The molecule has 0 atom stereocenters. The second-order valence-corrected chi connectivity index (χ2v) is 8.78. The number of imidazole rings is 1. The first-order valence-electron chi connectivity index (χ1n) is 10.9. The fraction of sp³-hybridized carbons (Fsp3) is 0.348. The number of amides is 2. The van der Waals surface area contributed by atoms with E-state index in [1.54, 1.807) is 4.90 Å². The van der Waals surface area contributed by atoms with Crippen molar-refractivity contribution in [1.29, 1.82) is 0 Å². The van der Waals surface area contributed by atoms with Gasteiger partial charge in [0.05, 0.1) is 12.1 Å². The van der Waals surface area contributed by atoms with E-state index in [1.807, 2.05) is 0 Å². The molecular weight excluding hydrogens is 492 g/mol. The molecule has 2 saturated heterocycles. The highest BCUT2D eigenvalue weighted by atomic mass is 35.5. The van der Waals surface area contributed by atoms with E-state index >= 15 is 0 Å². The summed E-state index contributed by atoms with van der Waals surface area (Å²) in [5, 5.41) is -0.246. The third kappa shape index (κ3) is 4.29. The molecule has 5 rings (SSSR count). The number of cyclic esters (lactones) is 1. The summed E-state index contributed by atoms with van der Waals surface area (Å²) >= 11 is 6.39. The van der Waals surface area contributed by atoms with E-state index in [2.05, 4.69) is 4.98 Å². The average molecular weight is 511 g/mol. The minimum absolute atomic E-state index is 0.0688. The minimum atomic E-state index is -4.77. The van der Waals surface area contributed by atoms with Crippen molar-refractivity contribution in [2.75, 3.05) is 26.2 Å². The Morgan fingerprint density at radius 1 is 1.09 bits per heavy atom. The number of halogens is 5. The molecule has 184 valence electrons. The highest BCUT2D eigenvalue weighted by Gasteiger charge is 2.38. The molecule has 0 spiro atoms. The maximum absolute atomic E-state index is 13.9. The first-order chi connectivity index (χ1) is 16.6. The molecule has 4 heterocycles. The highest BCUT2D eigenvalue weighted by molar-refractivity contribution is 6.33. The van der Waals surface area contributed by atoms with E-state index < -0.39 is 29.1 Å². The predicted octanol–water partition coefficient (Wildman–Crippen LogP) is 4.87. The summed E-state index contributed by atoms with van der Waals surface area (Å²) in [6, 6.07) is 5.83. The minimum Gasteiger partial charge on any atom is -0.448 e. The van der Waals surface area contributed by atoms with Crippen molar-refractivity contribution in [1.82, 2.24) is 19.2 Å². The number of piperidine rings is 1. The van der Waals surface area contributed by atoms with Gasteiger partial charge >= 0.3 is 12.3 Å². The molecule has 2 aromatic heterocycles. The van der Waals surface area contributed by atoms with Gasteiger partial charge in [0.15, 0.2) is 11.3 Å². The third-order valence-corrected chi connectivity index (χ3v) is 6.69. The number of carbonyl (C=O) groups is 2. The van der Waals surface area contributed by atoms with Crippen LogP contribution in [0, 0.1) is 5.82 Å². The van der Waals surface area contributed by atoms with Crippen LogP contribution in [0.1, 0.15) is 28.9 Å². The Kier molecular flexibility index (Phi) is 5.82. The number of alkyl halides is 3. The number of hydrogen-bond acceptors (Lipinski definition) is 4. The van der Waals surface area contributed by atoms with Crippen LogP contribution in [-0.2, 0) is 10.9 Å². The molecule has 0 saturated carbocycles. The van der Waals surface area contributed by atoms with Gasteiger partial charge in [-0.15, -0.1) is 0 Å². The van der Waals surface area contributed by atoms with Crippen LogP contribution in [-0.4, -0.2) is 63.5 Å². The zero-order chi connectivity index (χ0) is 24.9. The van der Waals surface area contributed by atoms with E-state index in [-0.39, 0.29) is 28.5 Å². The van der Waals surface area contributed by atoms with Gasteiger partial charge in [-0.25, -0.2) is 14.2 Å². The molecule has 3 aromatic rings. The average Bonchev–Trinajstić information content (AvgIpc) is 3.41. The number of fused-ring (bicyclic) bond motifs is 1. The summed E-state index contributed by atoms with van der Waals surface area (Å²) < 4.78 is 61.0. The lowest BCUT2D eigenvalue weighted by atomic mass is 10.0. The molecule has 2 aliphatic heterocycles. The summed E-state index contributed by atoms with van der Waals surface area (Å²) in [7, 11) is 0. The Morgan fingerprint density at radius 3 is 2.37 bits per heavy atom. The molecule has 0 bridgehead atoms. The standard InChI is InChI=1S/C23H19ClF4N4O3/c24-19-18(21(33)30-7-5-16(6-8-30)31-9-10-35-22(31)34)29-20-17(23(26,27)28)11-14(12-32(19)20)13-1-3-15(25)4-2-13/h1-4,11-12,16H,5-10H2. The van der Waals surface area contributed by atoms with Crippen molar-refractivity contribution >= 4 is 29.2 Å². The lowest BCUT2D eigenvalue weighted by molar-refractivity contribution is -0.136. The molecule has 0 radical (unpaired) electrons. The molecule has 1 aromatic carbocycles. The van der Waals surface area contributed by atoms with Crippen molar-refractivity contribution in [2.45, 2.75) is 25.1 Å². The van der Waals surface area contributed by atoms with Crippen molar-refractivity contribution < 1.29 is 31.9 Å².